The molecule has 2 aliphatic rings. The molecule has 21 heavy (non-hydrogen) atoms. The van der Waals surface area contributed by atoms with E-state index in [2.05, 4.69) is 47.4 Å². The van der Waals surface area contributed by atoms with E-state index in [1.807, 2.05) is 4.68 Å². The standard InChI is InChI=1S/C17H20BrN3/c1-10-8-15(13(9-14(10)18)11-6-7-11)19-17-12-4-3-5-16(12)21(2)20-17/h8-9,11H,3-7H2,1-2H3,(H,19,20). The summed E-state index contributed by atoms with van der Waals surface area (Å²) >= 11 is 3.67. The second kappa shape index (κ2) is 4.87. The Kier molecular flexibility index (Phi) is 3.10. The fourth-order valence-corrected chi connectivity index (χ4v) is 3.74. The average Bonchev–Trinajstić information content (AvgIpc) is 3.09. The van der Waals surface area contributed by atoms with Gasteiger partial charge in [0.1, 0.15) is 0 Å². The van der Waals surface area contributed by atoms with Gasteiger partial charge in [0.05, 0.1) is 0 Å². The molecule has 0 radical (unpaired) electrons. The van der Waals surface area contributed by atoms with Gasteiger partial charge >= 0.3 is 0 Å². The van der Waals surface area contributed by atoms with Gasteiger partial charge in [-0.1, -0.05) is 15.9 Å². The molecule has 0 saturated heterocycles. The topological polar surface area (TPSA) is 29.9 Å². The third kappa shape index (κ3) is 2.30. The van der Waals surface area contributed by atoms with Crippen LogP contribution < -0.4 is 5.32 Å². The Balaban J connectivity index is 1.74. The smallest absolute Gasteiger partial charge is 0.155 e. The molecule has 0 atom stereocenters. The Labute approximate surface area is 133 Å². The first-order valence-electron chi connectivity index (χ1n) is 7.75. The number of benzene rings is 1. The molecule has 3 nitrogen and oxygen atoms in total. The van der Waals surface area contributed by atoms with Crippen LogP contribution in [0.2, 0.25) is 0 Å². The van der Waals surface area contributed by atoms with Gasteiger partial charge in [0.15, 0.2) is 5.82 Å². The lowest BCUT2D eigenvalue weighted by Gasteiger charge is -2.13. The molecule has 1 heterocycles. The summed E-state index contributed by atoms with van der Waals surface area (Å²) in [6, 6.07) is 4.55. The average molecular weight is 346 g/mol. The van der Waals surface area contributed by atoms with Crippen LogP contribution in [0.1, 0.15) is 47.6 Å². The predicted molar refractivity (Wildman–Crippen MR) is 89.4 cm³/mol. The van der Waals surface area contributed by atoms with E-state index in [4.69, 9.17) is 5.10 Å². The maximum atomic E-state index is 4.69. The highest BCUT2D eigenvalue weighted by molar-refractivity contribution is 9.10. The normalized spacial score (nSPS) is 17.1. The molecule has 1 saturated carbocycles. The second-order valence-corrected chi connectivity index (χ2v) is 7.19. The third-order valence-corrected chi connectivity index (χ3v) is 5.57. The van der Waals surface area contributed by atoms with Crippen LogP contribution in [0.5, 0.6) is 0 Å². The lowest BCUT2D eigenvalue weighted by Crippen LogP contribution is -2.00. The molecule has 0 amide bonds. The van der Waals surface area contributed by atoms with E-state index in [-0.39, 0.29) is 0 Å². The van der Waals surface area contributed by atoms with Gasteiger partial charge in [0.2, 0.25) is 0 Å². The highest BCUT2D eigenvalue weighted by Gasteiger charge is 2.28. The van der Waals surface area contributed by atoms with Gasteiger partial charge in [-0.15, -0.1) is 0 Å². The Morgan fingerprint density at radius 3 is 2.86 bits per heavy atom. The molecule has 2 aliphatic carbocycles. The molecule has 0 aliphatic heterocycles. The number of anilines is 2. The molecule has 1 aromatic carbocycles. The van der Waals surface area contributed by atoms with Crippen LogP contribution in [0.4, 0.5) is 11.5 Å². The van der Waals surface area contributed by atoms with Crippen LogP contribution >= 0.6 is 15.9 Å². The number of hydrogen-bond acceptors (Lipinski definition) is 2. The Morgan fingerprint density at radius 2 is 2.10 bits per heavy atom. The van der Waals surface area contributed by atoms with Gasteiger partial charge < -0.3 is 5.32 Å². The fraction of sp³-hybridized carbons (Fsp3) is 0.471. The maximum absolute atomic E-state index is 4.69. The molecular formula is C17H20BrN3. The molecule has 0 spiro atoms. The number of hydrogen-bond donors (Lipinski definition) is 1. The molecular weight excluding hydrogens is 326 g/mol. The van der Waals surface area contributed by atoms with Crippen molar-refractivity contribution in [2.45, 2.75) is 44.9 Å². The van der Waals surface area contributed by atoms with Crippen molar-refractivity contribution in [1.29, 1.82) is 0 Å². The number of fused-ring (bicyclic) bond motifs is 1. The molecule has 1 fully saturated rings. The molecule has 0 bridgehead atoms. The zero-order chi connectivity index (χ0) is 14.6. The lowest BCUT2D eigenvalue weighted by molar-refractivity contribution is 0.709. The van der Waals surface area contributed by atoms with Gasteiger partial charge in [-0.3, -0.25) is 4.68 Å². The summed E-state index contributed by atoms with van der Waals surface area (Å²) in [6.07, 6.45) is 6.19. The van der Waals surface area contributed by atoms with Crippen molar-refractivity contribution >= 4 is 27.4 Å². The molecule has 1 aromatic heterocycles. The summed E-state index contributed by atoms with van der Waals surface area (Å²) in [6.45, 7) is 2.15. The minimum absolute atomic E-state index is 0.723. The van der Waals surface area contributed by atoms with E-state index >= 15 is 0 Å². The number of rotatable bonds is 3. The number of nitrogens with zero attached hydrogens (tertiary/aromatic N) is 2. The third-order valence-electron chi connectivity index (χ3n) is 4.72. The molecule has 4 rings (SSSR count). The van der Waals surface area contributed by atoms with E-state index < -0.39 is 0 Å². The van der Waals surface area contributed by atoms with Crippen molar-refractivity contribution in [1.82, 2.24) is 9.78 Å². The Morgan fingerprint density at radius 1 is 1.29 bits per heavy atom. The van der Waals surface area contributed by atoms with E-state index in [9.17, 15) is 0 Å². The fourth-order valence-electron chi connectivity index (χ4n) is 3.38. The van der Waals surface area contributed by atoms with Gasteiger partial charge in [-0.2, -0.15) is 5.10 Å². The highest BCUT2D eigenvalue weighted by Crippen LogP contribution is 2.46. The minimum atomic E-state index is 0.723. The molecule has 4 heteroatoms. The molecule has 110 valence electrons. The first-order chi connectivity index (χ1) is 10.1. The van der Waals surface area contributed by atoms with Gasteiger partial charge in [0.25, 0.3) is 0 Å². The van der Waals surface area contributed by atoms with E-state index in [1.165, 1.54) is 51.8 Å². The Hall–Kier alpha value is -1.29. The zero-order valence-electron chi connectivity index (χ0n) is 12.5. The summed E-state index contributed by atoms with van der Waals surface area (Å²) in [5, 5.41) is 8.32. The summed E-state index contributed by atoms with van der Waals surface area (Å²) in [7, 11) is 2.06. The molecule has 1 N–H and O–H groups in total. The van der Waals surface area contributed by atoms with E-state index in [0.29, 0.717) is 0 Å². The van der Waals surface area contributed by atoms with Gasteiger partial charge in [-0.25, -0.2) is 0 Å². The van der Waals surface area contributed by atoms with Gasteiger partial charge in [-0.05, 0) is 68.2 Å². The first-order valence-corrected chi connectivity index (χ1v) is 8.54. The molecule has 2 aromatic rings. The van der Waals surface area contributed by atoms with Crippen molar-refractivity contribution in [3.63, 3.8) is 0 Å². The summed E-state index contributed by atoms with van der Waals surface area (Å²) in [5.74, 6) is 1.79. The summed E-state index contributed by atoms with van der Waals surface area (Å²) < 4.78 is 3.26. The van der Waals surface area contributed by atoms with E-state index in [0.717, 1.165) is 24.6 Å². The summed E-state index contributed by atoms with van der Waals surface area (Å²) in [5.41, 5.74) is 6.77. The first kappa shape index (κ1) is 13.4. The van der Waals surface area contributed by atoms with Crippen LogP contribution in [0.3, 0.4) is 0 Å². The highest BCUT2D eigenvalue weighted by atomic mass is 79.9. The number of aromatic nitrogens is 2. The second-order valence-electron chi connectivity index (χ2n) is 6.34. The van der Waals surface area contributed by atoms with Crippen LogP contribution in [0.25, 0.3) is 0 Å². The minimum Gasteiger partial charge on any atom is -0.338 e. The largest absolute Gasteiger partial charge is 0.338 e. The Bertz CT molecular complexity index is 713. The van der Waals surface area contributed by atoms with Crippen molar-refractivity contribution in [2.75, 3.05) is 5.32 Å². The van der Waals surface area contributed by atoms with Crippen molar-refractivity contribution < 1.29 is 0 Å². The number of aryl methyl sites for hydroxylation is 2. The quantitative estimate of drug-likeness (QED) is 0.880. The van der Waals surface area contributed by atoms with Gasteiger partial charge in [0, 0.05) is 28.5 Å². The van der Waals surface area contributed by atoms with E-state index in [1.54, 1.807) is 0 Å². The van der Waals surface area contributed by atoms with Crippen LogP contribution in [-0.2, 0) is 19.9 Å². The van der Waals surface area contributed by atoms with Crippen molar-refractivity contribution in [3.8, 4) is 0 Å². The van der Waals surface area contributed by atoms with Crippen LogP contribution in [0, 0.1) is 6.92 Å². The lowest BCUT2D eigenvalue weighted by atomic mass is 10.1. The summed E-state index contributed by atoms with van der Waals surface area (Å²) in [4.78, 5) is 0. The van der Waals surface area contributed by atoms with Crippen LogP contribution in [0.15, 0.2) is 16.6 Å². The number of halogens is 1. The van der Waals surface area contributed by atoms with Crippen molar-refractivity contribution in [2.24, 2.45) is 7.05 Å². The predicted octanol–water partition coefficient (Wildman–Crippen LogP) is 4.60. The van der Waals surface area contributed by atoms with Crippen LogP contribution in [-0.4, -0.2) is 9.78 Å². The maximum Gasteiger partial charge on any atom is 0.155 e. The SMILES string of the molecule is Cc1cc(Nc2nn(C)c3c2CCC3)c(C2CC2)cc1Br. The monoisotopic (exact) mass is 345 g/mol. The zero-order valence-corrected chi connectivity index (χ0v) is 14.1. The number of nitrogens with one attached hydrogen (secondary N) is 1. The van der Waals surface area contributed by atoms with Crippen molar-refractivity contribution in [3.05, 3.63) is 39.0 Å². The molecule has 0 unspecified atom stereocenters.